The number of methoxy groups -OCH3 is 1. The van der Waals surface area contributed by atoms with Crippen LogP contribution in [0.1, 0.15) is 16.9 Å². The van der Waals surface area contributed by atoms with E-state index in [1.54, 1.807) is 18.4 Å². The number of rotatable bonds is 5. The minimum atomic E-state index is 0.214. The average molecular weight is 198 g/mol. The summed E-state index contributed by atoms with van der Waals surface area (Å²) in [5.41, 5.74) is 1.19. The van der Waals surface area contributed by atoms with Crippen molar-refractivity contribution in [1.82, 2.24) is 0 Å². The summed E-state index contributed by atoms with van der Waals surface area (Å²) in [4.78, 5) is 1.23. The van der Waals surface area contributed by atoms with Gasteiger partial charge >= 0.3 is 0 Å². The molecule has 1 heterocycles. The Balaban J connectivity index is 2.48. The van der Waals surface area contributed by atoms with Crippen molar-refractivity contribution in [1.29, 1.82) is 0 Å². The van der Waals surface area contributed by atoms with Gasteiger partial charge in [0.15, 0.2) is 0 Å². The Hall–Kier alpha value is -0.640. The lowest BCUT2D eigenvalue weighted by Gasteiger charge is -1.90. The number of hydrogen-bond acceptors (Lipinski definition) is 3. The maximum Gasteiger partial charge on any atom is 0.0805 e. The molecule has 0 saturated carbocycles. The van der Waals surface area contributed by atoms with E-state index >= 15 is 0 Å². The van der Waals surface area contributed by atoms with Crippen molar-refractivity contribution in [2.75, 3.05) is 13.7 Å². The highest BCUT2D eigenvalue weighted by Gasteiger charge is 1.95. The Morgan fingerprint density at radius 2 is 2.46 bits per heavy atom. The predicted molar refractivity (Wildman–Crippen MR) is 55.8 cm³/mol. The molecular weight excluding hydrogens is 184 g/mol. The van der Waals surface area contributed by atoms with Gasteiger partial charge in [0.1, 0.15) is 0 Å². The van der Waals surface area contributed by atoms with E-state index in [0.717, 1.165) is 6.42 Å². The summed E-state index contributed by atoms with van der Waals surface area (Å²) in [6.45, 7) is 0.893. The number of aliphatic hydroxyl groups excluding tert-OH is 1. The van der Waals surface area contributed by atoms with E-state index in [2.05, 4.69) is 11.4 Å². The summed E-state index contributed by atoms with van der Waals surface area (Å²) >= 11 is 1.69. The fourth-order valence-corrected chi connectivity index (χ4v) is 1.82. The Bertz CT molecular complexity index is 266. The topological polar surface area (TPSA) is 29.5 Å². The van der Waals surface area contributed by atoms with Gasteiger partial charge in [-0.25, -0.2) is 0 Å². The fourth-order valence-electron chi connectivity index (χ4n) is 0.997. The molecule has 0 aromatic carbocycles. The van der Waals surface area contributed by atoms with Gasteiger partial charge in [0, 0.05) is 18.6 Å². The number of thiophene rings is 1. The molecule has 0 aliphatic heterocycles. The first-order valence-electron chi connectivity index (χ1n) is 4.20. The second-order valence-corrected chi connectivity index (χ2v) is 3.69. The van der Waals surface area contributed by atoms with Crippen molar-refractivity contribution in [3.63, 3.8) is 0 Å². The highest BCUT2D eigenvalue weighted by Crippen LogP contribution is 2.16. The van der Waals surface area contributed by atoms with Crippen molar-refractivity contribution in [2.24, 2.45) is 0 Å². The predicted octanol–water partition coefficient (Wildman–Crippen LogP) is 2.29. The van der Waals surface area contributed by atoms with E-state index in [4.69, 9.17) is 9.84 Å². The van der Waals surface area contributed by atoms with Gasteiger partial charge in [-0.05, 0) is 23.4 Å². The van der Waals surface area contributed by atoms with Crippen LogP contribution in [0.4, 0.5) is 0 Å². The van der Waals surface area contributed by atoms with E-state index in [1.807, 2.05) is 12.2 Å². The quantitative estimate of drug-likeness (QED) is 0.786. The zero-order valence-corrected chi connectivity index (χ0v) is 8.51. The molecule has 1 aromatic heterocycles. The normalized spacial score (nSPS) is 11.2. The molecule has 0 spiro atoms. The van der Waals surface area contributed by atoms with Gasteiger partial charge in [-0.1, -0.05) is 12.2 Å². The summed E-state index contributed by atoms with van der Waals surface area (Å²) in [6.07, 6.45) is 4.71. The van der Waals surface area contributed by atoms with Crippen LogP contribution in [0.2, 0.25) is 0 Å². The van der Waals surface area contributed by atoms with Crippen LogP contribution in [0.25, 0.3) is 6.08 Å². The number of hydrogen-bond donors (Lipinski definition) is 1. The zero-order chi connectivity index (χ0) is 9.52. The fraction of sp³-hybridized carbons (Fsp3) is 0.400. The molecule has 72 valence electrons. The third-order valence-corrected chi connectivity index (χ3v) is 2.50. The van der Waals surface area contributed by atoms with Crippen LogP contribution in [0.5, 0.6) is 0 Å². The van der Waals surface area contributed by atoms with Crippen LogP contribution in [0.3, 0.4) is 0 Å². The van der Waals surface area contributed by atoms with Crippen molar-refractivity contribution >= 4 is 17.4 Å². The van der Waals surface area contributed by atoms with Gasteiger partial charge < -0.3 is 9.84 Å². The lowest BCUT2D eigenvalue weighted by molar-refractivity contribution is 0.187. The van der Waals surface area contributed by atoms with Gasteiger partial charge in [0.2, 0.25) is 0 Å². The lowest BCUT2D eigenvalue weighted by Crippen LogP contribution is -1.80. The molecule has 1 N–H and O–H groups in total. The average Bonchev–Trinajstić information content (AvgIpc) is 2.54. The molecule has 0 aliphatic carbocycles. The summed E-state index contributed by atoms with van der Waals surface area (Å²) in [6, 6.07) is 2.10. The summed E-state index contributed by atoms with van der Waals surface area (Å²) in [5, 5.41) is 10.7. The van der Waals surface area contributed by atoms with E-state index in [9.17, 15) is 0 Å². The Morgan fingerprint density at radius 1 is 1.62 bits per heavy atom. The van der Waals surface area contributed by atoms with Crippen LogP contribution in [-0.4, -0.2) is 18.8 Å². The third-order valence-electron chi connectivity index (χ3n) is 1.57. The van der Waals surface area contributed by atoms with Crippen molar-refractivity contribution in [3.05, 3.63) is 28.0 Å². The van der Waals surface area contributed by atoms with E-state index < -0.39 is 0 Å². The smallest absolute Gasteiger partial charge is 0.0805 e. The monoisotopic (exact) mass is 198 g/mol. The Kier molecular flexibility index (Phi) is 4.75. The van der Waals surface area contributed by atoms with Gasteiger partial charge in [0.25, 0.3) is 0 Å². The molecule has 0 aliphatic rings. The molecule has 1 aromatic rings. The number of ether oxygens (including phenoxy) is 1. The SMILES string of the molecule is COCc1cc(C=CCCO)cs1. The minimum absolute atomic E-state index is 0.214. The molecule has 0 fully saturated rings. The second kappa shape index (κ2) is 5.91. The van der Waals surface area contributed by atoms with E-state index in [-0.39, 0.29) is 6.61 Å². The molecule has 2 nitrogen and oxygen atoms in total. The molecule has 0 unspecified atom stereocenters. The van der Waals surface area contributed by atoms with Crippen LogP contribution in [0, 0.1) is 0 Å². The summed E-state index contributed by atoms with van der Waals surface area (Å²) in [5.74, 6) is 0. The molecule has 0 atom stereocenters. The highest BCUT2D eigenvalue weighted by molar-refractivity contribution is 7.10. The standard InChI is InChI=1S/C10H14O2S/c1-12-7-10-6-9(8-13-10)4-2-3-5-11/h2,4,6,8,11H,3,5,7H2,1H3. The molecule has 0 saturated heterocycles. The number of aliphatic hydroxyl groups is 1. The largest absolute Gasteiger partial charge is 0.396 e. The Morgan fingerprint density at radius 3 is 3.15 bits per heavy atom. The van der Waals surface area contributed by atoms with Crippen molar-refractivity contribution in [2.45, 2.75) is 13.0 Å². The minimum Gasteiger partial charge on any atom is -0.396 e. The molecule has 3 heteroatoms. The Labute approximate surface area is 82.5 Å². The van der Waals surface area contributed by atoms with Gasteiger partial charge in [-0.2, -0.15) is 0 Å². The molecule has 1 rings (SSSR count). The van der Waals surface area contributed by atoms with Crippen molar-refractivity contribution < 1.29 is 9.84 Å². The molecule has 0 bridgehead atoms. The summed E-state index contributed by atoms with van der Waals surface area (Å²) in [7, 11) is 1.70. The molecule has 0 amide bonds. The van der Waals surface area contributed by atoms with Crippen LogP contribution >= 0.6 is 11.3 Å². The maximum atomic E-state index is 8.57. The first kappa shape index (κ1) is 10.4. The first-order valence-corrected chi connectivity index (χ1v) is 5.08. The third kappa shape index (κ3) is 3.72. The van der Waals surface area contributed by atoms with E-state index in [0.29, 0.717) is 6.61 Å². The first-order chi connectivity index (χ1) is 6.36. The lowest BCUT2D eigenvalue weighted by atomic mass is 10.2. The van der Waals surface area contributed by atoms with E-state index in [1.165, 1.54) is 10.4 Å². The van der Waals surface area contributed by atoms with Gasteiger partial charge in [0.05, 0.1) is 6.61 Å². The molecule has 0 radical (unpaired) electrons. The summed E-state index contributed by atoms with van der Waals surface area (Å²) < 4.78 is 5.01. The molecule has 13 heavy (non-hydrogen) atoms. The van der Waals surface area contributed by atoms with Crippen LogP contribution < -0.4 is 0 Å². The molecular formula is C10H14O2S. The van der Waals surface area contributed by atoms with Gasteiger partial charge in [-0.3, -0.25) is 0 Å². The van der Waals surface area contributed by atoms with Gasteiger partial charge in [-0.15, -0.1) is 11.3 Å². The highest BCUT2D eigenvalue weighted by atomic mass is 32.1. The van der Waals surface area contributed by atoms with Crippen LogP contribution in [0.15, 0.2) is 17.5 Å². The zero-order valence-electron chi connectivity index (χ0n) is 7.69. The maximum absolute atomic E-state index is 8.57. The second-order valence-electron chi connectivity index (χ2n) is 2.69. The van der Waals surface area contributed by atoms with Crippen molar-refractivity contribution in [3.8, 4) is 0 Å². The van der Waals surface area contributed by atoms with Crippen LogP contribution in [-0.2, 0) is 11.3 Å².